The number of nitrogens with zero attached hydrogens (tertiary/aromatic N) is 1. The van der Waals surface area contributed by atoms with Crippen molar-refractivity contribution in [3.05, 3.63) is 106 Å². The quantitative estimate of drug-likeness (QED) is 0.608. The number of carbonyl (C=O) groups excluding carboxylic acids is 2. The van der Waals surface area contributed by atoms with Gasteiger partial charge in [0, 0.05) is 23.7 Å². The Kier molecular flexibility index (Phi) is 5.86. The van der Waals surface area contributed by atoms with Crippen LogP contribution in [0.2, 0.25) is 5.02 Å². The van der Waals surface area contributed by atoms with Crippen LogP contribution in [0.1, 0.15) is 45.1 Å². The van der Waals surface area contributed by atoms with Crippen molar-refractivity contribution in [2.75, 3.05) is 0 Å². The molecule has 30 heavy (non-hydrogen) atoms. The van der Waals surface area contributed by atoms with E-state index in [0.29, 0.717) is 18.1 Å². The van der Waals surface area contributed by atoms with E-state index in [-0.39, 0.29) is 24.3 Å². The van der Waals surface area contributed by atoms with Crippen LogP contribution < -0.4 is 5.32 Å². The van der Waals surface area contributed by atoms with Gasteiger partial charge in [-0.15, -0.1) is 0 Å². The van der Waals surface area contributed by atoms with Gasteiger partial charge in [-0.25, -0.2) is 0 Å². The smallest absolute Gasteiger partial charge is 0.255 e. The van der Waals surface area contributed by atoms with E-state index in [4.69, 9.17) is 11.6 Å². The molecule has 5 heteroatoms. The van der Waals surface area contributed by atoms with Crippen molar-refractivity contribution in [2.24, 2.45) is 0 Å². The maximum Gasteiger partial charge on any atom is 0.255 e. The monoisotopic (exact) mass is 418 g/mol. The number of hydrogen-bond acceptors (Lipinski definition) is 2. The van der Waals surface area contributed by atoms with Crippen LogP contribution in [0.15, 0.2) is 72.8 Å². The largest absolute Gasteiger partial charge is 0.352 e. The lowest BCUT2D eigenvalue weighted by Crippen LogP contribution is -2.34. The molecule has 0 spiro atoms. The highest BCUT2D eigenvalue weighted by Gasteiger charge is 2.34. The Morgan fingerprint density at radius 2 is 1.73 bits per heavy atom. The number of hydrogen-bond donors (Lipinski definition) is 1. The second kappa shape index (κ2) is 8.72. The molecule has 1 N–H and O–H groups in total. The number of aryl methyl sites for hydroxylation is 1. The third-order valence-corrected chi connectivity index (χ3v) is 5.72. The summed E-state index contributed by atoms with van der Waals surface area (Å²) < 4.78 is 0. The molecular weight excluding hydrogens is 396 g/mol. The van der Waals surface area contributed by atoms with Crippen LogP contribution in [0, 0.1) is 6.92 Å². The van der Waals surface area contributed by atoms with Gasteiger partial charge in [0.25, 0.3) is 5.91 Å². The molecule has 0 fully saturated rings. The molecule has 1 atom stereocenters. The number of benzene rings is 3. The summed E-state index contributed by atoms with van der Waals surface area (Å²) in [6.45, 7) is 2.96. The maximum atomic E-state index is 13.1. The second-order valence-corrected chi connectivity index (χ2v) is 8.06. The number of rotatable bonds is 6. The Hall–Kier alpha value is -3.11. The molecule has 0 bridgehead atoms. The second-order valence-electron chi connectivity index (χ2n) is 7.62. The summed E-state index contributed by atoms with van der Waals surface area (Å²) in [6, 6.07) is 22.7. The van der Waals surface area contributed by atoms with Gasteiger partial charge in [-0.2, -0.15) is 0 Å². The van der Waals surface area contributed by atoms with E-state index in [0.717, 1.165) is 27.8 Å². The van der Waals surface area contributed by atoms with E-state index in [1.807, 2.05) is 67.6 Å². The van der Waals surface area contributed by atoms with Crippen LogP contribution in [0.3, 0.4) is 0 Å². The fourth-order valence-electron chi connectivity index (χ4n) is 3.78. The topological polar surface area (TPSA) is 49.4 Å². The van der Waals surface area contributed by atoms with E-state index in [2.05, 4.69) is 5.32 Å². The van der Waals surface area contributed by atoms with Crippen molar-refractivity contribution >= 4 is 23.4 Å². The fraction of sp³-hybridized carbons (Fsp3) is 0.200. The van der Waals surface area contributed by atoms with Gasteiger partial charge >= 0.3 is 0 Å². The minimum atomic E-state index is -0.323. The minimum absolute atomic E-state index is 0.0262. The van der Waals surface area contributed by atoms with Crippen LogP contribution >= 0.6 is 11.6 Å². The van der Waals surface area contributed by atoms with Crippen LogP contribution in [0.4, 0.5) is 0 Å². The summed E-state index contributed by atoms with van der Waals surface area (Å²) in [4.78, 5) is 27.7. The SMILES string of the molecule is Cc1ccc([C@@H](CC(=O)NCc2ccc(Cl)cc2)N2Cc3ccccc3C2=O)cc1. The minimum Gasteiger partial charge on any atom is -0.352 e. The normalized spacial score (nSPS) is 13.8. The summed E-state index contributed by atoms with van der Waals surface area (Å²) >= 11 is 5.92. The van der Waals surface area contributed by atoms with Crippen molar-refractivity contribution in [1.29, 1.82) is 0 Å². The van der Waals surface area contributed by atoms with Crippen LogP contribution in [-0.2, 0) is 17.9 Å². The molecule has 1 aliphatic rings. The average molecular weight is 419 g/mol. The number of nitrogens with one attached hydrogen (secondary N) is 1. The van der Waals surface area contributed by atoms with Gasteiger partial charge in [0.15, 0.2) is 0 Å². The molecule has 2 amide bonds. The Labute approximate surface area is 181 Å². The van der Waals surface area contributed by atoms with Crippen molar-refractivity contribution in [1.82, 2.24) is 10.2 Å². The standard InChI is InChI=1S/C25H23ClN2O2/c1-17-6-10-19(11-7-17)23(28-16-20-4-2-3-5-22(20)25(28)30)14-24(29)27-15-18-8-12-21(26)13-9-18/h2-13,23H,14-16H2,1H3,(H,27,29)/t23-/m1/s1. The lowest BCUT2D eigenvalue weighted by atomic mass is 10.00. The Morgan fingerprint density at radius 1 is 1.03 bits per heavy atom. The zero-order valence-electron chi connectivity index (χ0n) is 16.8. The summed E-state index contributed by atoms with van der Waals surface area (Å²) in [5.41, 5.74) is 4.80. The molecule has 0 saturated carbocycles. The van der Waals surface area contributed by atoms with E-state index in [9.17, 15) is 9.59 Å². The molecule has 0 radical (unpaired) electrons. The first-order chi connectivity index (χ1) is 14.5. The first-order valence-electron chi connectivity index (χ1n) is 9.98. The molecule has 0 aliphatic carbocycles. The van der Waals surface area contributed by atoms with Gasteiger partial charge in [-0.3, -0.25) is 9.59 Å². The summed E-state index contributed by atoms with van der Waals surface area (Å²) in [5, 5.41) is 3.63. The highest BCUT2D eigenvalue weighted by atomic mass is 35.5. The van der Waals surface area contributed by atoms with Crippen LogP contribution in [0.25, 0.3) is 0 Å². The van der Waals surface area contributed by atoms with Gasteiger partial charge in [0.1, 0.15) is 0 Å². The molecule has 0 aromatic heterocycles. The Morgan fingerprint density at radius 3 is 2.43 bits per heavy atom. The highest BCUT2D eigenvalue weighted by Crippen LogP contribution is 2.33. The van der Waals surface area contributed by atoms with E-state index < -0.39 is 0 Å². The summed E-state index contributed by atoms with van der Waals surface area (Å²) in [6.07, 6.45) is 0.205. The fourth-order valence-corrected chi connectivity index (χ4v) is 3.90. The van der Waals surface area contributed by atoms with Crippen LogP contribution in [-0.4, -0.2) is 16.7 Å². The van der Waals surface area contributed by atoms with Gasteiger partial charge < -0.3 is 10.2 Å². The van der Waals surface area contributed by atoms with Gasteiger partial charge in [0.2, 0.25) is 5.91 Å². The van der Waals surface area contributed by atoms with Crippen molar-refractivity contribution in [2.45, 2.75) is 32.5 Å². The van der Waals surface area contributed by atoms with Gasteiger partial charge in [-0.05, 0) is 41.8 Å². The lowest BCUT2D eigenvalue weighted by molar-refractivity contribution is -0.122. The third-order valence-electron chi connectivity index (χ3n) is 5.47. The predicted molar refractivity (Wildman–Crippen MR) is 118 cm³/mol. The Balaban J connectivity index is 1.52. The summed E-state index contributed by atoms with van der Waals surface area (Å²) in [5.74, 6) is -0.124. The molecule has 0 unspecified atom stereocenters. The molecule has 4 nitrogen and oxygen atoms in total. The van der Waals surface area contributed by atoms with E-state index in [1.165, 1.54) is 0 Å². The van der Waals surface area contributed by atoms with Gasteiger partial charge in [-0.1, -0.05) is 71.8 Å². The molecular formula is C25H23ClN2O2. The Bertz CT molecular complexity index is 1060. The van der Waals surface area contributed by atoms with E-state index >= 15 is 0 Å². The third kappa shape index (κ3) is 4.39. The average Bonchev–Trinajstić information content (AvgIpc) is 3.09. The zero-order valence-corrected chi connectivity index (χ0v) is 17.5. The molecule has 0 saturated heterocycles. The predicted octanol–water partition coefficient (Wildman–Crippen LogP) is 5.05. The van der Waals surface area contributed by atoms with Crippen LogP contribution in [0.5, 0.6) is 0 Å². The molecule has 1 aliphatic heterocycles. The van der Waals surface area contributed by atoms with Gasteiger partial charge in [0.05, 0.1) is 12.5 Å². The highest BCUT2D eigenvalue weighted by molar-refractivity contribution is 6.30. The van der Waals surface area contributed by atoms with E-state index in [1.54, 1.807) is 17.0 Å². The number of fused-ring (bicyclic) bond motifs is 1. The number of halogens is 1. The molecule has 3 aromatic rings. The summed E-state index contributed by atoms with van der Waals surface area (Å²) in [7, 11) is 0. The number of amides is 2. The molecule has 1 heterocycles. The maximum absolute atomic E-state index is 13.1. The first kappa shape index (κ1) is 20.2. The molecule has 4 rings (SSSR count). The zero-order chi connectivity index (χ0) is 21.1. The van der Waals surface area contributed by atoms with Crippen molar-refractivity contribution < 1.29 is 9.59 Å². The van der Waals surface area contributed by atoms with Crippen molar-refractivity contribution in [3.63, 3.8) is 0 Å². The molecule has 152 valence electrons. The lowest BCUT2D eigenvalue weighted by Gasteiger charge is -2.28. The number of carbonyl (C=O) groups is 2. The molecule has 3 aromatic carbocycles. The first-order valence-corrected chi connectivity index (χ1v) is 10.4. The van der Waals surface area contributed by atoms with Crippen molar-refractivity contribution in [3.8, 4) is 0 Å².